The molecular weight excluding hydrogens is 391 g/mol. The molecular formula is C22H23FN2O3S. The van der Waals surface area contributed by atoms with Crippen LogP contribution in [0.15, 0.2) is 35.4 Å². The van der Waals surface area contributed by atoms with Gasteiger partial charge >= 0.3 is 5.97 Å². The zero-order chi connectivity index (χ0) is 20.5. The second-order valence-electron chi connectivity index (χ2n) is 7.78. The summed E-state index contributed by atoms with van der Waals surface area (Å²) in [6.07, 6.45) is 5.30. The van der Waals surface area contributed by atoms with E-state index in [4.69, 9.17) is 4.74 Å². The molecule has 0 unspecified atom stereocenters. The maximum atomic E-state index is 13.3. The number of hydrogen-bond acceptors (Lipinski definition) is 5. The Labute approximate surface area is 172 Å². The number of rotatable bonds is 4. The highest BCUT2D eigenvalue weighted by Gasteiger charge is 2.23. The Hall–Kier alpha value is -2.54. The molecule has 0 bridgehead atoms. The zero-order valence-corrected chi connectivity index (χ0v) is 17.3. The van der Waals surface area contributed by atoms with Gasteiger partial charge in [-0.2, -0.15) is 0 Å². The molecule has 1 aromatic carbocycles. The molecule has 0 amide bonds. The lowest BCUT2D eigenvalue weighted by molar-refractivity contribution is -0.152. The van der Waals surface area contributed by atoms with E-state index in [0.29, 0.717) is 16.1 Å². The topological polar surface area (TPSA) is 61.2 Å². The molecule has 0 saturated heterocycles. The number of nitrogens with zero attached hydrogens (tertiary/aromatic N) is 2. The Morgan fingerprint density at radius 1 is 1.31 bits per heavy atom. The number of fused-ring (bicyclic) bond motifs is 1. The Bertz CT molecular complexity index is 1100. The molecule has 29 heavy (non-hydrogen) atoms. The number of hydrogen-bond donors (Lipinski definition) is 0. The summed E-state index contributed by atoms with van der Waals surface area (Å²) in [5, 5.41) is 0.459. The minimum atomic E-state index is -0.414. The van der Waals surface area contributed by atoms with Crippen LogP contribution in [-0.2, 0) is 16.1 Å². The van der Waals surface area contributed by atoms with Crippen molar-refractivity contribution in [3.8, 4) is 11.1 Å². The maximum absolute atomic E-state index is 13.3. The van der Waals surface area contributed by atoms with Crippen molar-refractivity contribution in [3.63, 3.8) is 0 Å². The van der Waals surface area contributed by atoms with Gasteiger partial charge in [0.2, 0.25) is 0 Å². The first-order chi connectivity index (χ1) is 13.9. The van der Waals surface area contributed by atoms with E-state index in [9.17, 15) is 14.0 Å². The first-order valence-corrected chi connectivity index (χ1v) is 10.7. The van der Waals surface area contributed by atoms with Crippen LogP contribution in [-0.4, -0.2) is 21.6 Å². The second kappa shape index (κ2) is 8.06. The summed E-state index contributed by atoms with van der Waals surface area (Å²) in [5.74, 6) is -0.196. The molecule has 1 aliphatic rings. The molecule has 1 fully saturated rings. The van der Waals surface area contributed by atoms with Crippen molar-refractivity contribution in [1.82, 2.24) is 9.55 Å². The van der Waals surface area contributed by atoms with E-state index in [1.165, 1.54) is 34.4 Å². The highest BCUT2D eigenvalue weighted by Crippen LogP contribution is 2.35. The van der Waals surface area contributed by atoms with Crippen LogP contribution >= 0.6 is 11.3 Å². The van der Waals surface area contributed by atoms with Crippen LogP contribution in [0.3, 0.4) is 0 Å². The van der Waals surface area contributed by atoms with E-state index in [2.05, 4.69) is 11.9 Å². The molecule has 1 aliphatic carbocycles. The number of aromatic nitrogens is 2. The Morgan fingerprint density at radius 3 is 2.79 bits per heavy atom. The number of esters is 1. The lowest BCUT2D eigenvalue weighted by Gasteiger charge is -2.26. The summed E-state index contributed by atoms with van der Waals surface area (Å²) in [6.45, 7) is 3.91. The predicted molar refractivity (Wildman–Crippen MR) is 112 cm³/mol. The fourth-order valence-corrected chi connectivity index (χ4v) is 5.07. The van der Waals surface area contributed by atoms with Crippen molar-refractivity contribution in [3.05, 3.63) is 51.6 Å². The van der Waals surface area contributed by atoms with Gasteiger partial charge in [-0.1, -0.05) is 25.5 Å². The van der Waals surface area contributed by atoms with E-state index >= 15 is 0 Å². The van der Waals surface area contributed by atoms with Gasteiger partial charge in [0.15, 0.2) is 0 Å². The van der Waals surface area contributed by atoms with Gasteiger partial charge in [-0.15, -0.1) is 11.3 Å². The molecule has 2 atom stereocenters. The van der Waals surface area contributed by atoms with Crippen LogP contribution in [0.25, 0.3) is 21.3 Å². The van der Waals surface area contributed by atoms with Gasteiger partial charge in [-0.05, 0) is 49.8 Å². The van der Waals surface area contributed by atoms with Crippen LogP contribution in [0.4, 0.5) is 4.39 Å². The summed E-state index contributed by atoms with van der Waals surface area (Å²) >= 11 is 1.41. The normalized spacial score (nSPS) is 19.4. The van der Waals surface area contributed by atoms with Crippen LogP contribution < -0.4 is 5.56 Å². The van der Waals surface area contributed by atoms with Crippen LogP contribution in [0.1, 0.15) is 37.5 Å². The van der Waals surface area contributed by atoms with E-state index in [1.807, 2.05) is 6.92 Å². The van der Waals surface area contributed by atoms with Gasteiger partial charge in [-0.3, -0.25) is 14.2 Å². The molecule has 0 spiro atoms. The van der Waals surface area contributed by atoms with Crippen molar-refractivity contribution in [2.24, 2.45) is 5.92 Å². The molecule has 152 valence electrons. The number of carbonyl (C=O) groups excluding carboxylic acids is 1. The monoisotopic (exact) mass is 414 g/mol. The van der Waals surface area contributed by atoms with Gasteiger partial charge in [-0.25, -0.2) is 9.37 Å². The molecule has 5 nitrogen and oxygen atoms in total. The smallest absolute Gasteiger partial charge is 0.326 e. The summed E-state index contributed by atoms with van der Waals surface area (Å²) in [7, 11) is 0. The zero-order valence-electron chi connectivity index (χ0n) is 16.5. The van der Waals surface area contributed by atoms with Crippen molar-refractivity contribution in [2.75, 3.05) is 0 Å². The third-order valence-corrected chi connectivity index (χ3v) is 6.49. The minimum Gasteiger partial charge on any atom is -0.461 e. The fraction of sp³-hybridized carbons (Fsp3) is 0.409. The third-order valence-electron chi connectivity index (χ3n) is 5.47. The van der Waals surface area contributed by atoms with E-state index < -0.39 is 5.97 Å². The van der Waals surface area contributed by atoms with Gasteiger partial charge < -0.3 is 4.74 Å². The Kier molecular flexibility index (Phi) is 5.50. The quantitative estimate of drug-likeness (QED) is 0.581. The summed E-state index contributed by atoms with van der Waals surface area (Å²) in [5.41, 5.74) is 1.21. The van der Waals surface area contributed by atoms with Crippen LogP contribution in [0.2, 0.25) is 0 Å². The van der Waals surface area contributed by atoms with Crippen molar-refractivity contribution >= 4 is 27.5 Å². The SMILES string of the molecule is Cc1sc2ncn(CC(=O)O[C@H]3CCC[C@@H](C)C3)c(=O)c2c1-c1ccc(F)cc1. The van der Waals surface area contributed by atoms with Gasteiger partial charge in [0, 0.05) is 10.4 Å². The van der Waals surface area contributed by atoms with Gasteiger partial charge in [0.1, 0.15) is 23.3 Å². The van der Waals surface area contributed by atoms with E-state index in [-0.39, 0.29) is 24.0 Å². The largest absolute Gasteiger partial charge is 0.461 e. The third kappa shape index (κ3) is 4.10. The number of benzene rings is 1. The molecule has 0 radical (unpaired) electrons. The standard InChI is InChI=1S/C22H23FN2O3S/c1-13-4-3-5-17(10-13)28-18(26)11-25-12-24-21-20(22(25)27)19(14(2)29-21)15-6-8-16(23)9-7-15/h6-9,12-13,17H,3-5,10-11H2,1-2H3/t13-,17+/m1/s1. The molecule has 2 heterocycles. The highest BCUT2D eigenvalue weighted by atomic mass is 32.1. The molecule has 1 saturated carbocycles. The first kappa shape index (κ1) is 19.8. The average molecular weight is 415 g/mol. The molecule has 4 rings (SSSR count). The predicted octanol–water partition coefficient (Wildman–Crippen LogP) is 4.69. The van der Waals surface area contributed by atoms with Crippen molar-refractivity contribution in [2.45, 2.75) is 52.2 Å². The van der Waals surface area contributed by atoms with E-state index in [0.717, 1.165) is 41.7 Å². The van der Waals surface area contributed by atoms with Crippen molar-refractivity contribution < 1.29 is 13.9 Å². The van der Waals surface area contributed by atoms with Crippen LogP contribution in [0.5, 0.6) is 0 Å². The number of halogens is 1. The highest BCUT2D eigenvalue weighted by molar-refractivity contribution is 7.19. The first-order valence-electron chi connectivity index (χ1n) is 9.86. The molecule has 0 N–H and O–H groups in total. The lowest BCUT2D eigenvalue weighted by atomic mass is 9.89. The van der Waals surface area contributed by atoms with Gasteiger partial charge in [0.25, 0.3) is 5.56 Å². The molecule has 7 heteroatoms. The molecule has 3 aromatic rings. The number of thiophene rings is 1. The summed E-state index contributed by atoms with van der Waals surface area (Å²) in [6, 6.07) is 6.05. The number of carbonyl (C=O) groups is 1. The Balaban J connectivity index is 1.63. The Morgan fingerprint density at radius 2 is 2.07 bits per heavy atom. The van der Waals surface area contributed by atoms with Crippen molar-refractivity contribution in [1.29, 1.82) is 0 Å². The lowest BCUT2D eigenvalue weighted by Crippen LogP contribution is -2.30. The molecule has 2 aromatic heterocycles. The summed E-state index contributed by atoms with van der Waals surface area (Å²) < 4.78 is 20.2. The molecule has 0 aliphatic heterocycles. The fourth-order valence-electron chi connectivity index (χ4n) is 4.06. The second-order valence-corrected chi connectivity index (χ2v) is 8.98. The number of aryl methyl sites for hydroxylation is 1. The minimum absolute atomic E-state index is 0.0724. The summed E-state index contributed by atoms with van der Waals surface area (Å²) in [4.78, 5) is 31.5. The average Bonchev–Trinajstić information content (AvgIpc) is 3.01. The number of ether oxygens (including phenoxy) is 1. The van der Waals surface area contributed by atoms with E-state index in [1.54, 1.807) is 12.1 Å². The van der Waals surface area contributed by atoms with Crippen LogP contribution in [0, 0.1) is 18.7 Å². The maximum Gasteiger partial charge on any atom is 0.326 e. The van der Waals surface area contributed by atoms with Gasteiger partial charge in [0.05, 0.1) is 11.7 Å².